The maximum absolute atomic E-state index is 10.8. The first-order valence-corrected chi connectivity index (χ1v) is 11.8. The molecule has 4 fully saturated rings. The van der Waals surface area contributed by atoms with E-state index in [0.717, 1.165) is 36.0 Å². The molecule has 27 heavy (non-hydrogen) atoms. The molecule has 2 N–H and O–H groups in total. The van der Waals surface area contributed by atoms with Gasteiger partial charge in [-0.25, -0.2) is 4.79 Å². The van der Waals surface area contributed by atoms with E-state index in [-0.39, 0.29) is 0 Å². The van der Waals surface area contributed by atoms with Gasteiger partial charge in [0.15, 0.2) is 0 Å². The highest BCUT2D eigenvalue weighted by atomic mass is 16.4. The van der Waals surface area contributed by atoms with Gasteiger partial charge in [-0.15, -0.1) is 0 Å². The lowest BCUT2D eigenvalue weighted by atomic mass is 9.44. The summed E-state index contributed by atoms with van der Waals surface area (Å²) >= 11 is 0. The Morgan fingerprint density at radius 3 is 2.56 bits per heavy atom. The van der Waals surface area contributed by atoms with Crippen LogP contribution in [-0.2, 0) is 0 Å². The molecule has 154 valence electrons. The fourth-order valence-corrected chi connectivity index (χ4v) is 8.88. The van der Waals surface area contributed by atoms with Crippen LogP contribution in [-0.4, -0.2) is 17.7 Å². The zero-order chi connectivity index (χ0) is 19.2. The quantitative estimate of drug-likeness (QED) is 0.603. The number of nitrogens with one attached hydrogen (secondary N) is 1. The van der Waals surface area contributed by atoms with E-state index in [1.54, 1.807) is 0 Å². The highest BCUT2D eigenvalue weighted by Crippen LogP contribution is 2.68. The first-order valence-electron chi connectivity index (χ1n) is 11.8. The molecule has 0 aromatic carbocycles. The second-order valence-corrected chi connectivity index (χ2v) is 11.1. The fourth-order valence-electron chi connectivity index (χ4n) is 8.88. The van der Waals surface area contributed by atoms with Crippen molar-refractivity contribution in [3.63, 3.8) is 0 Å². The largest absolute Gasteiger partial charge is 0.465 e. The molecule has 0 spiro atoms. The van der Waals surface area contributed by atoms with E-state index < -0.39 is 6.09 Å². The van der Waals surface area contributed by atoms with E-state index in [4.69, 9.17) is 5.11 Å². The predicted octanol–water partition coefficient (Wildman–Crippen LogP) is 6.33. The van der Waals surface area contributed by atoms with Gasteiger partial charge in [-0.3, -0.25) is 0 Å². The lowest BCUT2D eigenvalue weighted by Crippen LogP contribution is -2.53. The van der Waals surface area contributed by atoms with Crippen LogP contribution in [0.5, 0.6) is 0 Å². The van der Waals surface area contributed by atoms with Crippen molar-refractivity contribution in [2.24, 2.45) is 46.3 Å². The van der Waals surface area contributed by atoms with Crippen molar-refractivity contribution in [2.45, 2.75) is 91.4 Å². The topological polar surface area (TPSA) is 49.3 Å². The first-order chi connectivity index (χ1) is 12.9. The highest BCUT2D eigenvalue weighted by molar-refractivity contribution is 5.64. The number of hydrogen-bond acceptors (Lipinski definition) is 1. The molecule has 0 heterocycles. The first kappa shape index (κ1) is 19.6. The van der Waals surface area contributed by atoms with Crippen LogP contribution in [0.2, 0.25) is 0 Å². The molecule has 8 unspecified atom stereocenters. The van der Waals surface area contributed by atoms with E-state index in [0.29, 0.717) is 23.3 Å². The van der Waals surface area contributed by atoms with Gasteiger partial charge < -0.3 is 10.4 Å². The Morgan fingerprint density at radius 1 is 1.00 bits per heavy atom. The van der Waals surface area contributed by atoms with Crippen LogP contribution in [0.3, 0.4) is 0 Å². The summed E-state index contributed by atoms with van der Waals surface area (Å²) in [6.07, 6.45) is 14.7. The summed E-state index contributed by atoms with van der Waals surface area (Å²) in [7, 11) is 0. The standard InChI is InChI=1S/C24H41NO2/c1-16(12-15-25-22(26)27)19-9-10-20-18-8-7-17-6-4-5-13-23(17,2)21(18)11-14-24(19,20)3/h16-21,25H,4-15H2,1-3H3,(H,26,27). The summed E-state index contributed by atoms with van der Waals surface area (Å²) in [6.45, 7) is 8.28. The van der Waals surface area contributed by atoms with E-state index >= 15 is 0 Å². The molecule has 0 aliphatic heterocycles. The highest BCUT2D eigenvalue weighted by Gasteiger charge is 2.59. The average molecular weight is 376 g/mol. The van der Waals surface area contributed by atoms with Gasteiger partial charge in [0, 0.05) is 6.54 Å². The normalized spacial score (nSPS) is 47.4. The number of rotatable bonds is 4. The van der Waals surface area contributed by atoms with Crippen molar-refractivity contribution in [1.29, 1.82) is 0 Å². The molecule has 0 aromatic rings. The molecule has 4 aliphatic carbocycles. The van der Waals surface area contributed by atoms with Crippen LogP contribution < -0.4 is 5.32 Å². The van der Waals surface area contributed by atoms with E-state index in [1.807, 2.05) is 0 Å². The third kappa shape index (κ3) is 3.21. The monoisotopic (exact) mass is 375 g/mol. The predicted molar refractivity (Wildman–Crippen MR) is 110 cm³/mol. The third-order valence-corrected chi connectivity index (χ3v) is 10.2. The Hall–Kier alpha value is -0.730. The lowest BCUT2D eigenvalue weighted by molar-refractivity contribution is -0.114. The van der Waals surface area contributed by atoms with Crippen molar-refractivity contribution in [2.75, 3.05) is 6.54 Å². The number of fused-ring (bicyclic) bond motifs is 5. The van der Waals surface area contributed by atoms with Crippen molar-refractivity contribution in [1.82, 2.24) is 5.32 Å². The molecule has 0 saturated heterocycles. The van der Waals surface area contributed by atoms with Gasteiger partial charge in [-0.1, -0.05) is 33.6 Å². The molecule has 8 atom stereocenters. The molecule has 1 amide bonds. The summed E-state index contributed by atoms with van der Waals surface area (Å²) in [5, 5.41) is 11.4. The van der Waals surface area contributed by atoms with Crippen molar-refractivity contribution < 1.29 is 9.90 Å². The van der Waals surface area contributed by atoms with Gasteiger partial charge >= 0.3 is 6.09 Å². The Labute approximate surface area is 166 Å². The second kappa shape index (κ2) is 7.26. The minimum atomic E-state index is -0.879. The van der Waals surface area contributed by atoms with Crippen LogP contribution in [0.1, 0.15) is 91.4 Å². The van der Waals surface area contributed by atoms with Crippen LogP contribution in [0.25, 0.3) is 0 Å². The van der Waals surface area contributed by atoms with Gasteiger partial charge in [0.2, 0.25) is 0 Å². The van der Waals surface area contributed by atoms with Crippen LogP contribution >= 0.6 is 0 Å². The second-order valence-electron chi connectivity index (χ2n) is 11.1. The van der Waals surface area contributed by atoms with Crippen molar-refractivity contribution >= 4 is 6.09 Å². The molecule has 3 heteroatoms. The molecule has 0 aromatic heterocycles. The van der Waals surface area contributed by atoms with Crippen LogP contribution in [0.4, 0.5) is 4.79 Å². The number of amides is 1. The Bertz CT molecular complexity index is 563. The Morgan fingerprint density at radius 2 is 1.78 bits per heavy atom. The summed E-state index contributed by atoms with van der Waals surface area (Å²) in [5.74, 6) is 5.31. The number of hydrogen-bond donors (Lipinski definition) is 2. The van der Waals surface area contributed by atoms with Gasteiger partial charge in [-0.2, -0.15) is 0 Å². The number of carboxylic acid groups (broad SMARTS) is 1. The van der Waals surface area contributed by atoms with Gasteiger partial charge in [0.05, 0.1) is 0 Å². The zero-order valence-corrected chi connectivity index (χ0v) is 17.8. The summed E-state index contributed by atoms with van der Waals surface area (Å²) in [6, 6.07) is 0. The SMILES string of the molecule is CC(CCNC(=O)O)C1CCC2C3CCC4CCCCC4(C)C3CCC12C. The summed E-state index contributed by atoms with van der Waals surface area (Å²) < 4.78 is 0. The minimum absolute atomic E-state index is 0.502. The average Bonchev–Trinajstić information content (AvgIpc) is 2.98. The molecule has 4 rings (SSSR count). The molecule has 3 nitrogen and oxygen atoms in total. The lowest BCUT2D eigenvalue weighted by Gasteiger charge is -2.61. The van der Waals surface area contributed by atoms with Crippen molar-refractivity contribution in [3.05, 3.63) is 0 Å². The fraction of sp³-hybridized carbons (Fsp3) is 0.958. The Balaban J connectivity index is 1.47. The maximum atomic E-state index is 10.8. The van der Waals surface area contributed by atoms with Gasteiger partial charge in [0.1, 0.15) is 0 Å². The summed E-state index contributed by atoms with van der Waals surface area (Å²) in [5.41, 5.74) is 1.14. The van der Waals surface area contributed by atoms with Crippen LogP contribution in [0, 0.1) is 46.3 Å². The zero-order valence-electron chi connectivity index (χ0n) is 17.8. The molecule has 4 saturated carbocycles. The molecule has 4 aliphatic rings. The van der Waals surface area contributed by atoms with E-state index in [9.17, 15) is 4.79 Å². The maximum Gasteiger partial charge on any atom is 0.404 e. The van der Waals surface area contributed by atoms with E-state index in [2.05, 4.69) is 26.1 Å². The van der Waals surface area contributed by atoms with Crippen molar-refractivity contribution in [3.8, 4) is 0 Å². The Kier molecular flexibility index (Phi) is 5.27. The molecular weight excluding hydrogens is 334 g/mol. The summed E-state index contributed by atoms with van der Waals surface area (Å²) in [4.78, 5) is 10.8. The minimum Gasteiger partial charge on any atom is -0.465 e. The molecule has 0 radical (unpaired) electrons. The van der Waals surface area contributed by atoms with Crippen LogP contribution in [0.15, 0.2) is 0 Å². The van der Waals surface area contributed by atoms with Gasteiger partial charge in [-0.05, 0) is 104 Å². The smallest absolute Gasteiger partial charge is 0.404 e. The molecule has 0 bridgehead atoms. The van der Waals surface area contributed by atoms with E-state index in [1.165, 1.54) is 64.2 Å². The number of carbonyl (C=O) groups is 1. The molecular formula is C24H41NO2. The van der Waals surface area contributed by atoms with Gasteiger partial charge in [0.25, 0.3) is 0 Å². The third-order valence-electron chi connectivity index (χ3n) is 10.2.